The van der Waals surface area contributed by atoms with Crippen LogP contribution in [-0.4, -0.2) is 27.3 Å². The predicted molar refractivity (Wildman–Crippen MR) is 234 cm³/mol. The van der Waals surface area contributed by atoms with Gasteiger partial charge in [-0.15, -0.1) is 69.8 Å². The monoisotopic (exact) mass is 965 g/mol. The first-order chi connectivity index (χ1) is 28.8. The van der Waals surface area contributed by atoms with Crippen molar-refractivity contribution < 1.29 is 44.3 Å². The van der Waals surface area contributed by atoms with Gasteiger partial charge in [0.25, 0.3) is 0 Å². The smallest absolute Gasteiger partial charge is 0.239 e. The molecule has 0 aliphatic carbocycles. The molecule has 7 heteroatoms. The van der Waals surface area contributed by atoms with Gasteiger partial charge in [0.1, 0.15) is 0 Å². The van der Waals surface area contributed by atoms with Crippen molar-refractivity contribution in [2.75, 3.05) is 0 Å². The van der Waals surface area contributed by atoms with E-state index in [0.29, 0.717) is 25.2 Å². The maximum atomic E-state index is 12.2. The minimum absolute atomic E-state index is 0. The Labute approximate surface area is 364 Å². The molecule has 0 saturated carbocycles. The first-order valence-corrected chi connectivity index (χ1v) is 19.8. The van der Waals surface area contributed by atoms with E-state index in [1.165, 1.54) is 5.56 Å². The number of fused-ring (bicyclic) bond motifs is 2. The number of aromatic nitrogens is 2. The van der Waals surface area contributed by atoms with Crippen LogP contribution in [0.15, 0.2) is 96.9 Å². The Hall–Kier alpha value is -4.58. The second-order valence-electron chi connectivity index (χ2n) is 15.1. The molecular formula is C51H58F2IrN2O2-2. The van der Waals surface area contributed by atoms with E-state index in [2.05, 4.69) is 54.1 Å². The third-order valence-electron chi connectivity index (χ3n) is 9.97. The summed E-state index contributed by atoms with van der Waals surface area (Å²) in [5.74, 6) is -0.725. The Morgan fingerprint density at radius 3 is 1.66 bits per heavy atom. The summed E-state index contributed by atoms with van der Waals surface area (Å²) in [7, 11) is 0. The maximum absolute atomic E-state index is 12.2. The third-order valence-corrected chi connectivity index (χ3v) is 9.97. The summed E-state index contributed by atoms with van der Waals surface area (Å²) in [6.07, 6.45) is 0.108. The Morgan fingerprint density at radius 1 is 0.724 bits per heavy atom. The molecule has 0 amide bonds. The minimum atomic E-state index is -2.46. The predicted octanol–water partition coefficient (Wildman–Crippen LogP) is 14.2. The van der Waals surface area contributed by atoms with Crippen LogP contribution in [0.3, 0.4) is 0 Å². The largest absolute Gasteiger partial charge is 0.512 e. The number of hydrogen-bond acceptors (Lipinski definition) is 4. The van der Waals surface area contributed by atoms with Crippen molar-refractivity contribution in [2.24, 2.45) is 11.8 Å². The van der Waals surface area contributed by atoms with Gasteiger partial charge in [-0.2, -0.15) is 0 Å². The SMILES string of the molecule is CCC(CC)C(=O)/C=C(\O)C(CC)CC(F)F.[2H]c1nc(-c2[c-]c(C)cc(C)c2)c2ccc(C(C)C)cc2c1[2H].[2H]c1nc(-c2[c-]c(C)cc(C)c2)c2ccc(C)cc2c1[2H].[Ir]. The second kappa shape index (κ2) is 22.5. The quantitative estimate of drug-likeness (QED) is 0.0798. The van der Waals surface area contributed by atoms with Gasteiger partial charge in [-0.05, 0) is 82.7 Å². The van der Waals surface area contributed by atoms with E-state index in [0.717, 1.165) is 78.0 Å². The Morgan fingerprint density at radius 2 is 1.21 bits per heavy atom. The van der Waals surface area contributed by atoms with Gasteiger partial charge in [0.05, 0.1) is 11.2 Å². The zero-order valence-electron chi connectivity index (χ0n) is 39.3. The van der Waals surface area contributed by atoms with Gasteiger partial charge in [0.15, 0.2) is 5.78 Å². The van der Waals surface area contributed by atoms with Gasteiger partial charge in [-0.3, -0.25) is 4.79 Å². The molecule has 6 rings (SSSR count). The van der Waals surface area contributed by atoms with E-state index < -0.39 is 18.8 Å². The molecule has 6 aromatic rings. The molecule has 0 fully saturated rings. The Kier molecular flexibility index (Phi) is 16.2. The average molecular weight is 965 g/mol. The number of aliphatic hydroxyl groups excluding tert-OH is 1. The van der Waals surface area contributed by atoms with Gasteiger partial charge < -0.3 is 15.1 Å². The number of aryl methyl sites for hydroxylation is 5. The van der Waals surface area contributed by atoms with Crippen LogP contribution in [0.25, 0.3) is 44.1 Å². The van der Waals surface area contributed by atoms with E-state index in [9.17, 15) is 18.7 Å². The molecule has 1 atom stereocenters. The number of alkyl halides is 2. The summed E-state index contributed by atoms with van der Waals surface area (Å²) in [5.41, 5.74) is 9.89. The molecule has 4 aromatic carbocycles. The molecule has 4 nitrogen and oxygen atoms in total. The first kappa shape index (κ1) is 41.6. The van der Waals surface area contributed by atoms with Crippen molar-refractivity contribution in [1.29, 1.82) is 0 Å². The number of carbonyl (C=O) groups is 1. The van der Waals surface area contributed by atoms with Crippen molar-refractivity contribution in [1.82, 2.24) is 9.97 Å². The molecule has 0 bridgehead atoms. The zero-order valence-corrected chi connectivity index (χ0v) is 37.7. The maximum Gasteiger partial charge on any atom is 0.239 e. The molecule has 0 saturated heterocycles. The van der Waals surface area contributed by atoms with E-state index in [-0.39, 0.29) is 62.0 Å². The summed E-state index contributed by atoms with van der Waals surface area (Å²) in [6.45, 7) is 19.9. The molecule has 1 unspecified atom stereocenters. The molecule has 2 aromatic heterocycles. The number of halogens is 2. The van der Waals surface area contributed by atoms with E-state index >= 15 is 0 Å². The molecule has 0 spiro atoms. The van der Waals surface area contributed by atoms with Crippen LogP contribution in [0.2, 0.25) is 0 Å². The van der Waals surface area contributed by atoms with Crippen LogP contribution in [-0.2, 0) is 24.9 Å². The van der Waals surface area contributed by atoms with E-state index in [1.54, 1.807) is 6.92 Å². The summed E-state index contributed by atoms with van der Waals surface area (Å²) in [5, 5.41) is 13.1. The number of hydrogen-bond donors (Lipinski definition) is 1. The van der Waals surface area contributed by atoms with Crippen LogP contribution >= 0.6 is 0 Å². The fraction of sp³-hybridized carbons (Fsp3) is 0.353. The second-order valence-corrected chi connectivity index (χ2v) is 15.1. The van der Waals surface area contributed by atoms with Crippen molar-refractivity contribution in [2.45, 2.75) is 107 Å². The number of rotatable bonds is 11. The van der Waals surface area contributed by atoms with E-state index in [4.69, 9.17) is 5.48 Å². The van der Waals surface area contributed by atoms with Crippen LogP contribution in [0.1, 0.15) is 105 Å². The third kappa shape index (κ3) is 13.2. The fourth-order valence-electron chi connectivity index (χ4n) is 6.85. The summed E-state index contributed by atoms with van der Waals surface area (Å²) in [4.78, 5) is 20.4. The fourth-order valence-corrected chi connectivity index (χ4v) is 6.85. The van der Waals surface area contributed by atoms with Gasteiger partial charge in [0, 0.05) is 56.8 Å². The molecule has 1 radical (unpaired) electrons. The standard InChI is InChI=1S/C20H20N.C18H16N.C13H22F2O2.Ir/c1-13(2)16-5-6-19-17(12-16)7-8-21-20(19)18-10-14(3)9-15(4)11-18;1-12-4-5-17-15(9-12)6-7-19-18(17)16-10-13(2)8-14(3)11-16;1-4-9(5-2)11(16)8-12(17)10(6-3)7-13(14)15;/h5-10,12-13H,1-4H3;4-10H,1-3H3;8-10,13,17H,4-7H2,1-3H3;/q2*-1;;/b;;12-8-;/i7D,8D;6D,7D;;. The van der Waals surface area contributed by atoms with Gasteiger partial charge >= 0.3 is 0 Å². The Balaban J connectivity index is 0.000000249. The molecule has 0 aliphatic heterocycles. The van der Waals surface area contributed by atoms with Crippen molar-refractivity contribution >= 4 is 27.3 Å². The number of benzene rings is 4. The molecular weight excluding hydrogens is 903 g/mol. The number of aliphatic hydroxyl groups is 1. The molecule has 1 N–H and O–H groups in total. The number of carbonyl (C=O) groups excluding carboxylic acids is 1. The van der Waals surface area contributed by atoms with Gasteiger partial charge in [0.2, 0.25) is 6.43 Å². The normalized spacial score (nSPS) is 12.8. The zero-order chi connectivity index (χ0) is 45.3. The van der Waals surface area contributed by atoms with Crippen LogP contribution in [0, 0.1) is 58.6 Å². The number of allylic oxidation sites excluding steroid dienone is 2. The van der Waals surface area contributed by atoms with Crippen LogP contribution in [0.5, 0.6) is 0 Å². The number of nitrogens with zero attached hydrogens (tertiary/aromatic N) is 2. The molecule has 309 valence electrons. The van der Waals surface area contributed by atoms with E-state index in [1.807, 2.05) is 90.9 Å². The number of ketones is 1. The van der Waals surface area contributed by atoms with Gasteiger partial charge in [-0.25, -0.2) is 8.78 Å². The van der Waals surface area contributed by atoms with Crippen molar-refractivity contribution in [3.63, 3.8) is 0 Å². The topological polar surface area (TPSA) is 63.1 Å². The van der Waals surface area contributed by atoms with Crippen molar-refractivity contribution in [3.05, 3.63) is 142 Å². The van der Waals surface area contributed by atoms with Crippen LogP contribution in [0.4, 0.5) is 8.78 Å². The number of pyridine rings is 2. The molecule has 0 aliphatic rings. The first-order valence-electron chi connectivity index (χ1n) is 21.8. The van der Waals surface area contributed by atoms with Crippen molar-refractivity contribution in [3.8, 4) is 22.5 Å². The van der Waals surface area contributed by atoms with Gasteiger partial charge in [-0.1, -0.05) is 104 Å². The summed E-state index contributed by atoms with van der Waals surface area (Å²) in [6, 6.07) is 27.3. The summed E-state index contributed by atoms with van der Waals surface area (Å²) >= 11 is 0. The summed E-state index contributed by atoms with van der Waals surface area (Å²) < 4.78 is 56.8. The minimum Gasteiger partial charge on any atom is -0.512 e. The average Bonchev–Trinajstić information content (AvgIpc) is 3.19. The van der Waals surface area contributed by atoms with Crippen LogP contribution < -0.4 is 0 Å². The molecule has 58 heavy (non-hydrogen) atoms. The molecule has 2 heterocycles. The Bertz CT molecular complexity index is 2500.